The molecule has 0 N–H and O–H groups in total. The van der Waals surface area contributed by atoms with E-state index in [2.05, 4.69) is 10.1 Å². The predicted octanol–water partition coefficient (Wildman–Crippen LogP) is 2.57. The Morgan fingerprint density at radius 3 is 2.88 bits per heavy atom. The second kappa shape index (κ2) is 7.25. The minimum atomic E-state index is -0.441. The van der Waals surface area contributed by atoms with E-state index < -0.39 is 5.97 Å². The summed E-state index contributed by atoms with van der Waals surface area (Å²) in [6.45, 7) is 0.216. The van der Waals surface area contributed by atoms with Crippen LogP contribution in [0.25, 0.3) is 11.0 Å². The van der Waals surface area contributed by atoms with Crippen molar-refractivity contribution in [2.24, 2.45) is 7.05 Å². The van der Waals surface area contributed by atoms with E-state index in [0.29, 0.717) is 26.6 Å². The maximum absolute atomic E-state index is 12.3. The Hall–Kier alpha value is -2.38. The van der Waals surface area contributed by atoms with Crippen LogP contribution in [0.15, 0.2) is 35.5 Å². The van der Waals surface area contributed by atoms with Gasteiger partial charge in [-0.25, -0.2) is 4.98 Å². The van der Waals surface area contributed by atoms with Crippen molar-refractivity contribution in [3.05, 3.63) is 56.7 Å². The monoisotopic (exact) mass is 380 g/mol. The zero-order valence-electron chi connectivity index (χ0n) is 13.3. The Kier molecular flexibility index (Phi) is 5.06. The SMILES string of the molecule is Cn1ncc2c(=O)n(CCC(=O)OCc3ccc(Cl)cc3Cl)cnc21. The molecule has 0 saturated heterocycles. The van der Waals surface area contributed by atoms with Crippen LogP contribution in [0.4, 0.5) is 0 Å². The van der Waals surface area contributed by atoms with E-state index in [0.717, 1.165) is 0 Å². The summed E-state index contributed by atoms with van der Waals surface area (Å²) in [6, 6.07) is 4.95. The number of fused-ring (bicyclic) bond motifs is 1. The number of carbonyl (C=O) groups excluding carboxylic acids is 1. The number of rotatable bonds is 5. The molecule has 7 nitrogen and oxygen atoms in total. The number of carbonyl (C=O) groups is 1. The molecule has 25 heavy (non-hydrogen) atoms. The Bertz CT molecular complexity index is 997. The highest BCUT2D eigenvalue weighted by molar-refractivity contribution is 6.35. The first-order chi connectivity index (χ1) is 12.0. The van der Waals surface area contributed by atoms with Gasteiger partial charge in [0, 0.05) is 29.2 Å². The van der Waals surface area contributed by atoms with Crippen molar-refractivity contribution in [1.29, 1.82) is 0 Å². The van der Waals surface area contributed by atoms with Crippen LogP contribution in [0.3, 0.4) is 0 Å². The molecule has 0 amide bonds. The molecule has 0 aliphatic carbocycles. The highest BCUT2D eigenvalue weighted by atomic mass is 35.5. The largest absolute Gasteiger partial charge is 0.461 e. The predicted molar refractivity (Wildman–Crippen MR) is 93.6 cm³/mol. The van der Waals surface area contributed by atoms with Crippen molar-refractivity contribution in [2.75, 3.05) is 0 Å². The molecular weight excluding hydrogens is 367 g/mol. The Morgan fingerprint density at radius 2 is 2.12 bits per heavy atom. The maximum Gasteiger partial charge on any atom is 0.307 e. The quantitative estimate of drug-likeness (QED) is 0.635. The molecule has 0 spiro atoms. The van der Waals surface area contributed by atoms with Gasteiger partial charge in [0.25, 0.3) is 5.56 Å². The summed E-state index contributed by atoms with van der Waals surface area (Å²) < 4.78 is 8.06. The van der Waals surface area contributed by atoms with Gasteiger partial charge >= 0.3 is 5.97 Å². The molecule has 2 aromatic heterocycles. The van der Waals surface area contributed by atoms with E-state index in [1.807, 2.05) is 0 Å². The van der Waals surface area contributed by atoms with E-state index in [9.17, 15) is 9.59 Å². The van der Waals surface area contributed by atoms with Crippen LogP contribution in [0.5, 0.6) is 0 Å². The molecule has 0 unspecified atom stereocenters. The van der Waals surface area contributed by atoms with E-state index in [1.165, 1.54) is 21.8 Å². The van der Waals surface area contributed by atoms with Gasteiger partial charge in [-0.3, -0.25) is 18.8 Å². The number of aryl methyl sites for hydroxylation is 2. The average molecular weight is 381 g/mol. The van der Waals surface area contributed by atoms with Gasteiger partial charge in [-0.05, 0) is 12.1 Å². The van der Waals surface area contributed by atoms with Gasteiger partial charge in [0.05, 0.1) is 18.9 Å². The fraction of sp³-hybridized carbons (Fsp3) is 0.250. The topological polar surface area (TPSA) is 79.0 Å². The van der Waals surface area contributed by atoms with Gasteiger partial charge in [-0.15, -0.1) is 0 Å². The van der Waals surface area contributed by atoms with Gasteiger partial charge in [0.2, 0.25) is 0 Å². The number of esters is 1. The first kappa shape index (κ1) is 17.4. The van der Waals surface area contributed by atoms with E-state index in [-0.39, 0.29) is 25.1 Å². The zero-order chi connectivity index (χ0) is 18.0. The molecule has 0 saturated carbocycles. The molecule has 130 valence electrons. The molecule has 0 bridgehead atoms. The summed E-state index contributed by atoms with van der Waals surface area (Å²) in [5, 5.41) is 5.35. The van der Waals surface area contributed by atoms with Gasteiger partial charge in [-0.2, -0.15) is 5.10 Å². The lowest BCUT2D eigenvalue weighted by Crippen LogP contribution is -2.22. The molecule has 0 atom stereocenters. The normalized spacial score (nSPS) is 11.0. The molecule has 0 fully saturated rings. The fourth-order valence-electron chi connectivity index (χ4n) is 2.31. The molecule has 0 radical (unpaired) electrons. The number of aromatic nitrogens is 4. The molecule has 2 heterocycles. The van der Waals surface area contributed by atoms with E-state index >= 15 is 0 Å². The van der Waals surface area contributed by atoms with Crippen LogP contribution in [0.2, 0.25) is 10.0 Å². The van der Waals surface area contributed by atoms with Crippen LogP contribution >= 0.6 is 23.2 Å². The smallest absolute Gasteiger partial charge is 0.307 e. The van der Waals surface area contributed by atoms with Crippen molar-refractivity contribution < 1.29 is 9.53 Å². The standard InChI is InChI=1S/C16H14Cl2N4O3/c1-21-15-12(7-20-21)16(24)22(9-19-15)5-4-14(23)25-8-10-2-3-11(17)6-13(10)18/h2-3,6-7,9H,4-5,8H2,1H3. The molecule has 9 heteroatoms. The van der Waals surface area contributed by atoms with Crippen molar-refractivity contribution in [1.82, 2.24) is 19.3 Å². The molecule has 3 aromatic rings. The minimum Gasteiger partial charge on any atom is -0.461 e. The number of halogens is 2. The lowest BCUT2D eigenvalue weighted by Gasteiger charge is -2.08. The third-order valence-corrected chi connectivity index (χ3v) is 4.27. The molecular formula is C16H14Cl2N4O3. The Labute approximate surface area is 152 Å². The second-order valence-corrected chi connectivity index (χ2v) is 6.24. The number of hydrogen-bond donors (Lipinski definition) is 0. The van der Waals surface area contributed by atoms with Crippen molar-refractivity contribution in [2.45, 2.75) is 19.6 Å². The van der Waals surface area contributed by atoms with Gasteiger partial charge in [0.1, 0.15) is 12.0 Å². The van der Waals surface area contributed by atoms with Gasteiger partial charge in [-0.1, -0.05) is 29.3 Å². The molecule has 3 rings (SSSR count). The first-order valence-electron chi connectivity index (χ1n) is 7.42. The lowest BCUT2D eigenvalue weighted by molar-refractivity contribution is -0.145. The van der Waals surface area contributed by atoms with Crippen LogP contribution < -0.4 is 5.56 Å². The fourth-order valence-corrected chi connectivity index (χ4v) is 2.77. The van der Waals surface area contributed by atoms with Gasteiger partial charge in [0.15, 0.2) is 5.65 Å². The summed E-state index contributed by atoms with van der Waals surface area (Å²) in [5.74, 6) is -0.441. The molecule has 1 aromatic carbocycles. The summed E-state index contributed by atoms with van der Waals surface area (Å²) >= 11 is 11.8. The Balaban J connectivity index is 1.61. The number of ether oxygens (including phenoxy) is 1. The summed E-state index contributed by atoms with van der Waals surface area (Å²) in [5.41, 5.74) is 0.919. The number of hydrogen-bond acceptors (Lipinski definition) is 5. The number of nitrogens with zero attached hydrogens (tertiary/aromatic N) is 4. The summed E-state index contributed by atoms with van der Waals surface area (Å²) in [7, 11) is 1.71. The highest BCUT2D eigenvalue weighted by Crippen LogP contribution is 2.21. The summed E-state index contributed by atoms with van der Waals surface area (Å²) in [6.07, 6.45) is 2.90. The highest BCUT2D eigenvalue weighted by Gasteiger charge is 2.11. The van der Waals surface area contributed by atoms with E-state index in [4.69, 9.17) is 27.9 Å². The van der Waals surface area contributed by atoms with Crippen LogP contribution in [-0.4, -0.2) is 25.3 Å². The number of benzene rings is 1. The zero-order valence-corrected chi connectivity index (χ0v) is 14.8. The third kappa shape index (κ3) is 3.83. The molecule has 0 aliphatic heterocycles. The molecule has 0 aliphatic rings. The van der Waals surface area contributed by atoms with Crippen molar-refractivity contribution >= 4 is 40.2 Å². The van der Waals surface area contributed by atoms with Gasteiger partial charge < -0.3 is 4.74 Å². The van der Waals surface area contributed by atoms with Crippen LogP contribution in [0.1, 0.15) is 12.0 Å². The average Bonchev–Trinajstić information content (AvgIpc) is 2.95. The first-order valence-corrected chi connectivity index (χ1v) is 8.18. The second-order valence-electron chi connectivity index (χ2n) is 5.39. The minimum absolute atomic E-state index is 0.0402. The summed E-state index contributed by atoms with van der Waals surface area (Å²) in [4.78, 5) is 28.4. The van der Waals surface area contributed by atoms with Crippen LogP contribution in [0, 0.1) is 0 Å². The van der Waals surface area contributed by atoms with E-state index in [1.54, 1.807) is 25.2 Å². The van der Waals surface area contributed by atoms with Crippen molar-refractivity contribution in [3.63, 3.8) is 0 Å². The maximum atomic E-state index is 12.3. The Morgan fingerprint density at radius 1 is 1.32 bits per heavy atom. The third-order valence-electron chi connectivity index (χ3n) is 3.68. The van der Waals surface area contributed by atoms with Crippen LogP contribution in [-0.2, 0) is 29.7 Å². The van der Waals surface area contributed by atoms with Crippen molar-refractivity contribution in [3.8, 4) is 0 Å². The lowest BCUT2D eigenvalue weighted by atomic mass is 10.2.